The zero-order chi connectivity index (χ0) is 12.8. The van der Waals surface area contributed by atoms with Crippen molar-refractivity contribution < 1.29 is 14.3 Å². The number of ether oxygens (including phenoxy) is 2. The molecule has 0 radical (unpaired) electrons. The normalized spacial score (nSPS) is 12.5. The van der Waals surface area contributed by atoms with Gasteiger partial charge in [0.05, 0.1) is 13.7 Å². The molecule has 1 heterocycles. The third-order valence-corrected chi connectivity index (χ3v) is 2.99. The van der Waals surface area contributed by atoms with Crippen molar-refractivity contribution >= 4 is 5.97 Å². The predicted molar refractivity (Wildman–Crippen MR) is 66.4 cm³/mol. The Kier molecular flexibility index (Phi) is 5.22. The first-order chi connectivity index (χ1) is 8.15. The maximum atomic E-state index is 11.7. The van der Waals surface area contributed by atoms with Crippen molar-refractivity contribution in [2.45, 2.75) is 32.7 Å². The third-order valence-electron chi connectivity index (χ3n) is 2.99. The summed E-state index contributed by atoms with van der Waals surface area (Å²) < 4.78 is 11.9. The lowest BCUT2D eigenvalue weighted by Crippen LogP contribution is -2.16. The number of aromatic nitrogens is 1. The topological polar surface area (TPSA) is 40.5 Å². The Balaban J connectivity index is 3.05. The molecular weight excluding hydrogens is 218 g/mol. The van der Waals surface area contributed by atoms with Crippen LogP contribution in [0.4, 0.5) is 0 Å². The van der Waals surface area contributed by atoms with Gasteiger partial charge >= 0.3 is 5.97 Å². The van der Waals surface area contributed by atoms with Crippen molar-refractivity contribution in [2.75, 3.05) is 20.8 Å². The highest BCUT2D eigenvalue weighted by molar-refractivity contribution is 5.87. The Labute approximate surface area is 103 Å². The van der Waals surface area contributed by atoms with Crippen molar-refractivity contribution in [3.05, 3.63) is 23.5 Å². The minimum Gasteiger partial charge on any atom is -0.464 e. The summed E-state index contributed by atoms with van der Waals surface area (Å²) in [7, 11) is 3.09. The third kappa shape index (κ3) is 3.09. The van der Waals surface area contributed by atoms with Gasteiger partial charge in [0.25, 0.3) is 0 Å². The molecule has 0 N–H and O–H groups in total. The predicted octanol–water partition coefficient (Wildman–Crippen LogP) is 2.43. The number of carbonyl (C=O) groups excluding carboxylic acids is 1. The van der Waals surface area contributed by atoms with Crippen LogP contribution in [0.25, 0.3) is 0 Å². The van der Waals surface area contributed by atoms with E-state index >= 15 is 0 Å². The molecule has 0 aliphatic rings. The second-order valence-electron chi connectivity index (χ2n) is 4.07. The van der Waals surface area contributed by atoms with Gasteiger partial charge in [-0.3, -0.25) is 0 Å². The van der Waals surface area contributed by atoms with Crippen LogP contribution < -0.4 is 0 Å². The van der Waals surface area contributed by atoms with E-state index in [2.05, 4.69) is 13.8 Å². The van der Waals surface area contributed by atoms with Crippen LogP contribution in [0.2, 0.25) is 0 Å². The van der Waals surface area contributed by atoms with Gasteiger partial charge in [-0.25, -0.2) is 4.79 Å². The van der Waals surface area contributed by atoms with Crippen LogP contribution in [0, 0.1) is 0 Å². The maximum absolute atomic E-state index is 11.7. The summed E-state index contributed by atoms with van der Waals surface area (Å²) in [5.41, 5.74) is 1.73. The molecule has 0 aliphatic heterocycles. The van der Waals surface area contributed by atoms with Gasteiger partial charge in [-0.15, -0.1) is 0 Å². The minimum absolute atomic E-state index is 0.283. The van der Waals surface area contributed by atoms with Crippen molar-refractivity contribution in [2.24, 2.45) is 0 Å². The zero-order valence-electron chi connectivity index (χ0n) is 11.0. The number of hydrogen-bond donors (Lipinski definition) is 0. The Bertz CT molecular complexity index is 371. The zero-order valence-corrected chi connectivity index (χ0v) is 11.0. The van der Waals surface area contributed by atoms with Crippen LogP contribution >= 0.6 is 0 Å². The quantitative estimate of drug-likeness (QED) is 0.716. The van der Waals surface area contributed by atoms with Crippen molar-refractivity contribution in [1.82, 2.24) is 4.57 Å². The van der Waals surface area contributed by atoms with Gasteiger partial charge in [-0.1, -0.05) is 6.92 Å². The van der Waals surface area contributed by atoms with E-state index < -0.39 is 0 Å². The van der Waals surface area contributed by atoms with Crippen LogP contribution in [-0.2, 0) is 15.9 Å². The molecule has 0 fully saturated rings. The summed E-state index contributed by atoms with van der Waals surface area (Å²) in [5, 5.41) is 0. The fraction of sp³-hybridized carbons (Fsp3) is 0.615. The molecule has 0 aromatic carbocycles. The van der Waals surface area contributed by atoms with Crippen molar-refractivity contribution in [3.63, 3.8) is 0 Å². The first kappa shape index (κ1) is 13.8. The second kappa shape index (κ2) is 6.45. The average Bonchev–Trinajstić information content (AvgIpc) is 2.78. The van der Waals surface area contributed by atoms with Gasteiger partial charge in [-0.05, 0) is 25.5 Å². The van der Waals surface area contributed by atoms with Crippen LogP contribution in [0.15, 0.2) is 12.1 Å². The molecule has 0 aliphatic carbocycles. The summed E-state index contributed by atoms with van der Waals surface area (Å²) in [4.78, 5) is 11.7. The lowest BCUT2D eigenvalue weighted by Gasteiger charge is -2.18. The highest BCUT2D eigenvalue weighted by atomic mass is 16.5. The van der Waals surface area contributed by atoms with Crippen molar-refractivity contribution in [3.8, 4) is 0 Å². The van der Waals surface area contributed by atoms with E-state index in [-0.39, 0.29) is 12.0 Å². The highest BCUT2D eigenvalue weighted by Crippen LogP contribution is 2.20. The molecule has 0 saturated carbocycles. The fourth-order valence-corrected chi connectivity index (χ4v) is 1.87. The van der Waals surface area contributed by atoms with E-state index in [0.717, 1.165) is 18.5 Å². The Morgan fingerprint density at radius 1 is 1.41 bits per heavy atom. The second-order valence-corrected chi connectivity index (χ2v) is 4.07. The molecule has 17 heavy (non-hydrogen) atoms. The van der Waals surface area contributed by atoms with E-state index in [1.165, 1.54) is 7.11 Å². The van der Waals surface area contributed by atoms with Gasteiger partial charge in [0, 0.05) is 25.3 Å². The number of hydrogen-bond acceptors (Lipinski definition) is 3. The maximum Gasteiger partial charge on any atom is 0.354 e. The average molecular weight is 239 g/mol. The van der Waals surface area contributed by atoms with E-state index in [9.17, 15) is 4.79 Å². The number of carbonyl (C=O) groups is 1. The number of esters is 1. The molecule has 4 nitrogen and oxygen atoms in total. The number of nitrogens with zero attached hydrogens (tertiary/aromatic N) is 1. The Morgan fingerprint density at radius 3 is 2.65 bits per heavy atom. The molecular formula is C13H21NO3. The van der Waals surface area contributed by atoms with Gasteiger partial charge in [0.1, 0.15) is 5.69 Å². The molecule has 0 unspecified atom stereocenters. The summed E-state index contributed by atoms with van der Waals surface area (Å²) in [5.74, 6) is -0.283. The fourth-order valence-electron chi connectivity index (χ4n) is 1.87. The van der Waals surface area contributed by atoms with Crippen LogP contribution in [-0.4, -0.2) is 31.4 Å². The SMILES string of the molecule is CC[C@@H](C)n1c(CCOC)ccc1C(=O)OC. The highest BCUT2D eigenvalue weighted by Gasteiger charge is 2.18. The standard InChI is InChI=1S/C13H21NO3/c1-5-10(2)14-11(8-9-16-3)6-7-12(14)13(15)17-4/h6-7,10H,5,8-9H2,1-4H3/t10-/m1/s1. The molecule has 1 aromatic rings. The minimum atomic E-state index is -0.283. The van der Waals surface area contributed by atoms with Crippen molar-refractivity contribution in [1.29, 1.82) is 0 Å². The molecule has 4 heteroatoms. The lowest BCUT2D eigenvalue weighted by molar-refractivity contribution is 0.0585. The van der Waals surface area contributed by atoms with E-state index in [4.69, 9.17) is 9.47 Å². The molecule has 1 rings (SSSR count). The number of rotatable bonds is 6. The molecule has 96 valence electrons. The van der Waals surface area contributed by atoms with Gasteiger partial charge in [0.2, 0.25) is 0 Å². The summed E-state index contributed by atoms with van der Waals surface area (Å²) in [6.45, 7) is 4.86. The molecule has 1 aromatic heterocycles. The molecule has 1 atom stereocenters. The van der Waals surface area contributed by atoms with Gasteiger partial charge < -0.3 is 14.0 Å². The van der Waals surface area contributed by atoms with Crippen LogP contribution in [0.1, 0.15) is 42.5 Å². The van der Waals surface area contributed by atoms with Crippen LogP contribution in [0.3, 0.4) is 0 Å². The molecule has 0 bridgehead atoms. The summed E-state index contributed by atoms with van der Waals surface area (Å²) >= 11 is 0. The lowest BCUT2D eigenvalue weighted by atomic mass is 10.2. The van der Waals surface area contributed by atoms with E-state index in [1.54, 1.807) is 7.11 Å². The number of methoxy groups -OCH3 is 2. The first-order valence-corrected chi connectivity index (χ1v) is 5.93. The van der Waals surface area contributed by atoms with Gasteiger partial charge in [-0.2, -0.15) is 0 Å². The van der Waals surface area contributed by atoms with Crippen LogP contribution in [0.5, 0.6) is 0 Å². The van der Waals surface area contributed by atoms with E-state index in [1.807, 2.05) is 16.7 Å². The molecule has 0 saturated heterocycles. The first-order valence-electron chi connectivity index (χ1n) is 5.93. The molecule has 0 spiro atoms. The van der Waals surface area contributed by atoms with Gasteiger partial charge in [0.15, 0.2) is 0 Å². The molecule has 0 amide bonds. The van der Waals surface area contributed by atoms with E-state index in [0.29, 0.717) is 12.3 Å². The summed E-state index contributed by atoms with van der Waals surface area (Å²) in [6, 6.07) is 4.08. The summed E-state index contributed by atoms with van der Waals surface area (Å²) in [6.07, 6.45) is 1.77. The smallest absolute Gasteiger partial charge is 0.354 e. The monoisotopic (exact) mass is 239 g/mol. The Morgan fingerprint density at radius 2 is 2.12 bits per heavy atom. The largest absolute Gasteiger partial charge is 0.464 e. The Hall–Kier alpha value is -1.29.